The van der Waals surface area contributed by atoms with Crippen LogP contribution in [0.4, 0.5) is 0 Å². The zero-order valence-electron chi connectivity index (χ0n) is 8.91. The SMILES string of the molecule is Cc1nc2ccc(C3(C)CCO3)cc2o1. The van der Waals surface area contributed by atoms with E-state index >= 15 is 0 Å². The molecule has 0 saturated carbocycles. The van der Waals surface area contributed by atoms with Gasteiger partial charge in [-0.25, -0.2) is 4.98 Å². The maximum Gasteiger partial charge on any atom is 0.192 e. The van der Waals surface area contributed by atoms with Crippen LogP contribution in [0, 0.1) is 6.92 Å². The van der Waals surface area contributed by atoms with E-state index in [9.17, 15) is 0 Å². The van der Waals surface area contributed by atoms with E-state index < -0.39 is 0 Å². The van der Waals surface area contributed by atoms with Crippen molar-refractivity contribution in [1.82, 2.24) is 4.98 Å². The number of hydrogen-bond acceptors (Lipinski definition) is 3. The van der Waals surface area contributed by atoms with Crippen LogP contribution in [0.15, 0.2) is 22.6 Å². The average molecular weight is 203 g/mol. The van der Waals surface area contributed by atoms with E-state index in [1.54, 1.807) is 0 Å². The Labute approximate surface area is 88.1 Å². The Morgan fingerprint density at radius 1 is 1.40 bits per heavy atom. The normalized spacial score (nSPS) is 25.5. The van der Waals surface area contributed by atoms with Crippen LogP contribution in [0.1, 0.15) is 24.8 Å². The minimum absolute atomic E-state index is 0.116. The highest BCUT2D eigenvalue weighted by Crippen LogP contribution is 2.37. The molecule has 0 aliphatic carbocycles. The molecule has 0 amide bonds. The number of nitrogens with zero attached hydrogens (tertiary/aromatic N) is 1. The monoisotopic (exact) mass is 203 g/mol. The summed E-state index contributed by atoms with van der Waals surface area (Å²) in [6.45, 7) is 4.83. The molecule has 0 bridgehead atoms. The van der Waals surface area contributed by atoms with Crippen LogP contribution in [0.2, 0.25) is 0 Å². The molecule has 1 aliphatic heterocycles. The molecule has 0 spiro atoms. The summed E-state index contributed by atoms with van der Waals surface area (Å²) in [7, 11) is 0. The van der Waals surface area contributed by atoms with Crippen molar-refractivity contribution in [3.05, 3.63) is 29.7 Å². The van der Waals surface area contributed by atoms with Crippen LogP contribution in [0.5, 0.6) is 0 Å². The summed E-state index contributed by atoms with van der Waals surface area (Å²) < 4.78 is 11.1. The van der Waals surface area contributed by atoms with Crippen molar-refractivity contribution >= 4 is 11.1 Å². The highest BCUT2D eigenvalue weighted by molar-refractivity contribution is 5.73. The van der Waals surface area contributed by atoms with Gasteiger partial charge < -0.3 is 9.15 Å². The first-order valence-electron chi connectivity index (χ1n) is 5.19. The average Bonchev–Trinajstić information content (AvgIpc) is 2.53. The Balaban J connectivity index is 2.13. The Morgan fingerprint density at radius 3 is 2.87 bits per heavy atom. The van der Waals surface area contributed by atoms with Crippen LogP contribution in [-0.2, 0) is 10.3 Å². The molecular weight excluding hydrogens is 190 g/mol. The maximum absolute atomic E-state index is 5.60. The topological polar surface area (TPSA) is 35.3 Å². The van der Waals surface area contributed by atoms with E-state index in [-0.39, 0.29) is 5.60 Å². The second kappa shape index (κ2) is 2.83. The predicted molar refractivity (Wildman–Crippen MR) is 56.7 cm³/mol. The number of rotatable bonds is 1. The van der Waals surface area contributed by atoms with Gasteiger partial charge in [0.25, 0.3) is 0 Å². The molecule has 2 heterocycles. The molecule has 3 heteroatoms. The summed E-state index contributed by atoms with van der Waals surface area (Å²) in [4.78, 5) is 4.27. The molecule has 1 unspecified atom stereocenters. The molecule has 1 fully saturated rings. The van der Waals surface area contributed by atoms with Crippen LogP contribution in [-0.4, -0.2) is 11.6 Å². The van der Waals surface area contributed by atoms with Gasteiger partial charge in [0, 0.05) is 13.3 Å². The van der Waals surface area contributed by atoms with Gasteiger partial charge in [0.2, 0.25) is 0 Å². The van der Waals surface area contributed by atoms with E-state index in [4.69, 9.17) is 9.15 Å². The highest BCUT2D eigenvalue weighted by Gasteiger charge is 2.35. The van der Waals surface area contributed by atoms with Crippen LogP contribution in [0.25, 0.3) is 11.1 Å². The van der Waals surface area contributed by atoms with Crippen molar-refractivity contribution in [2.24, 2.45) is 0 Å². The predicted octanol–water partition coefficient (Wildman–Crippen LogP) is 2.77. The fourth-order valence-electron chi connectivity index (χ4n) is 2.00. The molecule has 1 aromatic heterocycles. The lowest BCUT2D eigenvalue weighted by molar-refractivity contribution is -0.140. The number of fused-ring (bicyclic) bond motifs is 1. The number of hydrogen-bond donors (Lipinski definition) is 0. The van der Waals surface area contributed by atoms with Crippen LogP contribution >= 0.6 is 0 Å². The van der Waals surface area contributed by atoms with E-state index in [2.05, 4.69) is 18.0 Å². The quantitative estimate of drug-likeness (QED) is 0.714. The zero-order valence-corrected chi connectivity index (χ0v) is 8.91. The lowest BCUT2D eigenvalue weighted by Gasteiger charge is -2.39. The lowest BCUT2D eigenvalue weighted by Crippen LogP contribution is -2.37. The van der Waals surface area contributed by atoms with Crippen LogP contribution in [0.3, 0.4) is 0 Å². The Kier molecular flexibility index (Phi) is 1.68. The van der Waals surface area contributed by atoms with Crippen molar-refractivity contribution < 1.29 is 9.15 Å². The summed E-state index contributed by atoms with van der Waals surface area (Å²) in [5.74, 6) is 0.710. The zero-order chi connectivity index (χ0) is 10.5. The fraction of sp³-hybridized carbons (Fsp3) is 0.417. The first-order chi connectivity index (χ1) is 7.17. The maximum atomic E-state index is 5.60. The fourth-order valence-corrected chi connectivity index (χ4v) is 2.00. The van der Waals surface area contributed by atoms with Gasteiger partial charge in [-0.2, -0.15) is 0 Å². The highest BCUT2D eigenvalue weighted by atomic mass is 16.5. The third kappa shape index (κ3) is 1.27. The van der Waals surface area contributed by atoms with Gasteiger partial charge in [0.1, 0.15) is 5.52 Å². The van der Waals surface area contributed by atoms with E-state index in [1.807, 2.05) is 19.1 Å². The third-order valence-electron chi connectivity index (χ3n) is 3.11. The lowest BCUT2D eigenvalue weighted by atomic mass is 9.88. The third-order valence-corrected chi connectivity index (χ3v) is 3.11. The molecule has 3 nitrogen and oxygen atoms in total. The van der Waals surface area contributed by atoms with Crippen molar-refractivity contribution in [2.75, 3.05) is 6.61 Å². The molecule has 1 aliphatic rings. The molecular formula is C12H13NO2. The molecule has 1 saturated heterocycles. The van der Waals surface area contributed by atoms with Crippen molar-refractivity contribution in [2.45, 2.75) is 25.9 Å². The van der Waals surface area contributed by atoms with Crippen molar-refractivity contribution in [1.29, 1.82) is 0 Å². The van der Waals surface area contributed by atoms with Gasteiger partial charge in [-0.05, 0) is 24.6 Å². The standard InChI is InChI=1S/C12H13NO2/c1-8-13-10-4-3-9(7-11(10)15-8)12(2)5-6-14-12/h3-4,7H,5-6H2,1-2H3. The summed E-state index contributed by atoms with van der Waals surface area (Å²) in [6.07, 6.45) is 1.08. The van der Waals surface area contributed by atoms with Crippen molar-refractivity contribution in [3.8, 4) is 0 Å². The molecule has 0 radical (unpaired) electrons. The Morgan fingerprint density at radius 2 is 2.20 bits per heavy atom. The van der Waals surface area contributed by atoms with Crippen LogP contribution < -0.4 is 0 Å². The first-order valence-corrected chi connectivity index (χ1v) is 5.19. The molecule has 3 rings (SSSR count). The second-order valence-electron chi connectivity index (χ2n) is 4.24. The van der Waals surface area contributed by atoms with Gasteiger partial charge >= 0.3 is 0 Å². The van der Waals surface area contributed by atoms with Gasteiger partial charge in [-0.15, -0.1) is 0 Å². The van der Waals surface area contributed by atoms with E-state index in [1.165, 1.54) is 5.56 Å². The number of ether oxygens (including phenoxy) is 1. The first kappa shape index (κ1) is 8.92. The number of aryl methyl sites for hydroxylation is 1. The molecule has 78 valence electrons. The van der Waals surface area contributed by atoms with Gasteiger partial charge in [0.05, 0.1) is 12.2 Å². The Hall–Kier alpha value is -1.35. The number of oxazole rings is 1. The second-order valence-corrected chi connectivity index (χ2v) is 4.24. The Bertz CT molecular complexity index is 511. The van der Waals surface area contributed by atoms with Crippen molar-refractivity contribution in [3.63, 3.8) is 0 Å². The largest absolute Gasteiger partial charge is 0.441 e. The summed E-state index contributed by atoms with van der Waals surface area (Å²) >= 11 is 0. The smallest absolute Gasteiger partial charge is 0.192 e. The number of benzene rings is 1. The molecule has 0 N–H and O–H groups in total. The molecule has 15 heavy (non-hydrogen) atoms. The minimum Gasteiger partial charge on any atom is -0.441 e. The molecule has 2 aromatic rings. The summed E-state index contributed by atoms with van der Waals surface area (Å²) in [5, 5.41) is 0. The molecule has 1 aromatic carbocycles. The molecule has 1 atom stereocenters. The summed E-state index contributed by atoms with van der Waals surface area (Å²) in [6, 6.07) is 6.10. The van der Waals surface area contributed by atoms with E-state index in [0.29, 0.717) is 5.89 Å². The van der Waals surface area contributed by atoms with Gasteiger partial charge in [0.15, 0.2) is 11.5 Å². The summed E-state index contributed by atoms with van der Waals surface area (Å²) in [5.41, 5.74) is 2.83. The van der Waals surface area contributed by atoms with Gasteiger partial charge in [-0.1, -0.05) is 6.07 Å². The van der Waals surface area contributed by atoms with Gasteiger partial charge in [-0.3, -0.25) is 0 Å². The minimum atomic E-state index is -0.116. The van der Waals surface area contributed by atoms with E-state index in [0.717, 1.165) is 24.1 Å². The number of aromatic nitrogens is 1.